The summed E-state index contributed by atoms with van der Waals surface area (Å²) in [7, 11) is 2.13. The molecule has 0 heterocycles. The molecular formula is C15H25NO. The van der Waals surface area contributed by atoms with E-state index in [-0.39, 0.29) is 6.10 Å². The van der Waals surface area contributed by atoms with Gasteiger partial charge in [0.25, 0.3) is 0 Å². The molecule has 0 saturated heterocycles. The summed E-state index contributed by atoms with van der Waals surface area (Å²) in [5.41, 5.74) is 1.02. The molecule has 0 aromatic heterocycles. The fourth-order valence-electron chi connectivity index (χ4n) is 1.93. The van der Waals surface area contributed by atoms with Gasteiger partial charge in [-0.15, -0.1) is 0 Å². The maximum atomic E-state index is 10.0. The molecule has 0 saturated carbocycles. The SMILES string of the molecule is CCCCCN(C)CCC(O)c1ccccc1. The molecule has 1 rings (SSSR count). The summed E-state index contributed by atoms with van der Waals surface area (Å²) in [5.74, 6) is 0. The van der Waals surface area contributed by atoms with Gasteiger partial charge in [-0.3, -0.25) is 0 Å². The highest BCUT2D eigenvalue weighted by atomic mass is 16.3. The lowest BCUT2D eigenvalue weighted by atomic mass is 10.1. The van der Waals surface area contributed by atoms with Crippen molar-refractivity contribution in [3.05, 3.63) is 35.9 Å². The minimum atomic E-state index is -0.329. The molecule has 1 unspecified atom stereocenters. The van der Waals surface area contributed by atoms with Crippen LogP contribution in [-0.2, 0) is 0 Å². The summed E-state index contributed by atoms with van der Waals surface area (Å²) in [6.07, 6.45) is 4.30. The Kier molecular flexibility index (Phi) is 6.90. The van der Waals surface area contributed by atoms with Crippen molar-refractivity contribution in [2.45, 2.75) is 38.7 Å². The van der Waals surface area contributed by atoms with Crippen LogP contribution in [0.5, 0.6) is 0 Å². The number of hydrogen-bond donors (Lipinski definition) is 1. The van der Waals surface area contributed by atoms with E-state index in [1.165, 1.54) is 19.3 Å². The molecule has 0 aliphatic heterocycles. The number of benzene rings is 1. The number of nitrogens with zero attached hydrogens (tertiary/aromatic N) is 1. The third-order valence-corrected chi connectivity index (χ3v) is 3.11. The Balaban J connectivity index is 2.21. The van der Waals surface area contributed by atoms with E-state index in [4.69, 9.17) is 0 Å². The van der Waals surface area contributed by atoms with Gasteiger partial charge in [0.2, 0.25) is 0 Å². The average Bonchev–Trinajstić information content (AvgIpc) is 2.37. The van der Waals surface area contributed by atoms with Crippen LogP contribution < -0.4 is 0 Å². The molecule has 0 spiro atoms. The predicted molar refractivity (Wildman–Crippen MR) is 73.0 cm³/mol. The Morgan fingerprint density at radius 2 is 1.82 bits per heavy atom. The highest BCUT2D eigenvalue weighted by Gasteiger charge is 2.07. The predicted octanol–water partition coefficient (Wildman–Crippen LogP) is 3.23. The van der Waals surface area contributed by atoms with Gasteiger partial charge in [0.1, 0.15) is 0 Å². The summed E-state index contributed by atoms with van der Waals surface area (Å²) < 4.78 is 0. The van der Waals surface area contributed by atoms with Crippen LogP contribution in [0.25, 0.3) is 0 Å². The van der Waals surface area contributed by atoms with E-state index in [1.807, 2.05) is 30.3 Å². The summed E-state index contributed by atoms with van der Waals surface area (Å²) in [5, 5.41) is 10.0. The van der Waals surface area contributed by atoms with E-state index in [0.29, 0.717) is 0 Å². The molecule has 17 heavy (non-hydrogen) atoms. The van der Waals surface area contributed by atoms with Crippen LogP contribution in [0, 0.1) is 0 Å². The smallest absolute Gasteiger partial charge is 0.0802 e. The first-order valence-electron chi connectivity index (χ1n) is 6.65. The van der Waals surface area contributed by atoms with Gasteiger partial charge in [-0.25, -0.2) is 0 Å². The lowest BCUT2D eigenvalue weighted by Crippen LogP contribution is -2.22. The molecule has 0 bridgehead atoms. The quantitative estimate of drug-likeness (QED) is 0.699. The zero-order valence-electron chi connectivity index (χ0n) is 11.1. The molecule has 96 valence electrons. The first-order valence-corrected chi connectivity index (χ1v) is 6.65. The summed E-state index contributed by atoms with van der Waals surface area (Å²) in [6, 6.07) is 9.91. The second kappa shape index (κ2) is 8.26. The summed E-state index contributed by atoms with van der Waals surface area (Å²) in [6.45, 7) is 4.31. The van der Waals surface area contributed by atoms with Gasteiger partial charge in [0, 0.05) is 6.54 Å². The van der Waals surface area contributed by atoms with Crippen LogP contribution >= 0.6 is 0 Å². The fraction of sp³-hybridized carbons (Fsp3) is 0.600. The Bertz CT molecular complexity index is 286. The zero-order valence-corrected chi connectivity index (χ0v) is 11.1. The Morgan fingerprint density at radius 1 is 1.12 bits per heavy atom. The largest absolute Gasteiger partial charge is 0.388 e. The van der Waals surface area contributed by atoms with E-state index in [2.05, 4.69) is 18.9 Å². The number of aliphatic hydroxyl groups is 1. The first-order chi connectivity index (χ1) is 8.24. The minimum Gasteiger partial charge on any atom is -0.388 e. The van der Waals surface area contributed by atoms with Crippen molar-refractivity contribution in [3.8, 4) is 0 Å². The van der Waals surface area contributed by atoms with Gasteiger partial charge in [0.15, 0.2) is 0 Å². The minimum absolute atomic E-state index is 0.329. The van der Waals surface area contributed by atoms with Gasteiger partial charge < -0.3 is 10.0 Å². The van der Waals surface area contributed by atoms with Gasteiger partial charge >= 0.3 is 0 Å². The van der Waals surface area contributed by atoms with Gasteiger partial charge in [-0.1, -0.05) is 50.1 Å². The second-order valence-electron chi connectivity index (χ2n) is 4.73. The number of aliphatic hydroxyl groups excluding tert-OH is 1. The topological polar surface area (TPSA) is 23.5 Å². The molecule has 1 aromatic carbocycles. The third kappa shape index (κ3) is 5.85. The van der Waals surface area contributed by atoms with Crippen molar-refractivity contribution in [1.82, 2.24) is 4.90 Å². The monoisotopic (exact) mass is 235 g/mol. The first kappa shape index (κ1) is 14.2. The second-order valence-corrected chi connectivity index (χ2v) is 4.73. The van der Waals surface area contributed by atoms with Crippen LogP contribution in [0.15, 0.2) is 30.3 Å². The fourth-order valence-corrected chi connectivity index (χ4v) is 1.93. The van der Waals surface area contributed by atoms with Gasteiger partial charge in [-0.05, 0) is 32.0 Å². The highest BCUT2D eigenvalue weighted by molar-refractivity contribution is 5.17. The van der Waals surface area contributed by atoms with Crippen molar-refractivity contribution in [3.63, 3.8) is 0 Å². The number of rotatable bonds is 8. The van der Waals surface area contributed by atoms with E-state index in [9.17, 15) is 5.11 Å². The van der Waals surface area contributed by atoms with Crippen molar-refractivity contribution in [2.75, 3.05) is 20.1 Å². The molecule has 0 aliphatic rings. The molecule has 2 nitrogen and oxygen atoms in total. The molecule has 0 amide bonds. The highest BCUT2D eigenvalue weighted by Crippen LogP contribution is 2.16. The van der Waals surface area contributed by atoms with Crippen molar-refractivity contribution < 1.29 is 5.11 Å². The molecule has 0 radical (unpaired) electrons. The van der Waals surface area contributed by atoms with Crippen LogP contribution in [0.4, 0.5) is 0 Å². The Hall–Kier alpha value is -0.860. The van der Waals surface area contributed by atoms with E-state index in [0.717, 1.165) is 25.1 Å². The molecule has 0 fully saturated rings. The van der Waals surface area contributed by atoms with Crippen LogP contribution in [-0.4, -0.2) is 30.1 Å². The lowest BCUT2D eigenvalue weighted by Gasteiger charge is -2.18. The normalized spacial score (nSPS) is 12.9. The Morgan fingerprint density at radius 3 is 2.47 bits per heavy atom. The van der Waals surface area contributed by atoms with Crippen molar-refractivity contribution in [2.24, 2.45) is 0 Å². The van der Waals surface area contributed by atoms with Crippen LogP contribution in [0.3, 0.4) is 0 Å². The summed E-state index contributed by atoms with van der Waals surface area (Å²) >= 11 is 0. The molecule has 1 aromatic rings. The van der Waals surface area contributed by atoms with Gasteiger partial charge in [0.05, 0.1) is 6.10 Å². The average molecular weight is 235 g/mol. The number of unbranched alkanes of at least 4 members (excludes halogenated alkanes) is 2. The standard InChI is InChI=1S/C15H25NO/c1-3-4-8-12-16(2)13-11-15(17)14-9-6-5-7-10-14/h5-7,9-10,15,17H,3-4,8,11-13H2,1-2H3. The van der Waals surface area contributed by atoms with Crippen LogP contribution in [0.2, 0.25) is 0 Å². The zero-order chi connectivity index (χ0) is 12.5. The molecule has 1 atom stereocenters. The van der Waals surface area contributed by atoms with Crippen LogP contribution in [0.1, 0.15) is 44.3 Å². The molecule has 2 heteroatoms. The summed E-state index contributed by atoms with van der Waals surface area (Å²) in [4.78, 5) is 2.31. The van der Waals surface area contributed by atoms with E-state index >= 15 is 0 Å². The number of hydrogen-bond acceptors (Lipinski definition) is 2. The van der Waals surface area contributed by atoms with E-state index in [1.54, 1.807) is 0 Å². The van der Waals surface area contributed by atoms with Crippen molar-refractivity contribution >= 4 is 0 Å². The lowest BCUT2D eigenvalue weighted by molar-refractivity contribution is 0.148. The van der Waals surface area contributed by atoms with E-state index < -0.39 is 0 Å². The maximum absolute atomic E-state index is 10.0. The third-order valence-electron chi connectivity index (χ3n) is 3.11. The van der Waals surface area contributed by atoms with Gasteiger partial charge in [-0.2, -0.15) is 0 Å². The van der Waals surface area contributed by atoms with Crippen molar-refractivity contribution in [1.29, 1.82) is 0 Å². The molecule has 0 aliphatic carbocycles. The molecule has 1 N–H and O–H groups in total. The maximum Gasteiger partial charge on any atom is 0.0802 e. The Labute approximate surface area is 105 Å². The molecular weight excluding hydrogens is 210 g/mol.